The van der Waals surface area contributed by atoms with Crippen LogP contribution in [-0.4, -0.2) is 24.1 Å². The molecule has 96 valence electrons. The second-order valence-electron chi connectivity index (χ2n) is 4.86. The zero-order valence-electron chi connectivity index (χ0n) is 11.1. The second kappa shape index (κ2) is 5.83. The molecule has 0 aliphatic carbocycles. The molecule has 4 heteroatoms. The zero-order chi connectivity index (χ0) is 12.3. The lowest BCUT2D eigenvalue weighted by atomic mass is 10.1. The molecule has 2 rings (SSSR count). The highest BCUT2D eigenvalue weighted by molar-refractivity contribution is 7.15. The van der Waals surface area contributed by atoms with Crippen LogP contribution in [0.15, 0.2) is 6.20 Å². The number of hydrogen-bond donors (Lipinski definition) is 1. The summed E-state index contributed by atoms with van der Waals surface area (Å²) in [5.41, 5.74) is 0. The van der Waals surface area contributed by atoms with E-state index >= 15 is 0 Å². The van der Waals surface area contributed by atoms with Gasteiger partial charge < -0.3 is 10.2 Å². The number of nitrogens with zero attached hydrogens (tertiary/aromatic N) is 2. The molecule has 0 radical (unpaired) electrons. The van der Waals surface area contributed by atoms with Crippen molar-refractivity contribution in [3.05, 3.63) is 11.1 Å². The average Bonchev–Trinajstić information content (AvgIpc) is 2.79. The normalized spacial score (nSPS) is 22.8. The van der Waals surface area contributed by atoms with E-state index in [1.165, 1.54) is 35.8 Å². The number of anilines is 1. The standard InChI is InChI=1S/C13H23N3S/c1-4-14-11(3)12-9-15-13(17-12)16-8-6-5-7-10(16)2/h9-11,14H,4-8H2,1-3H3. The predicted molar refractivity (Wildman–Crippen MR) is 74.9 cm³/mol. The topological polar surface area (TPSA) is 28.2 Å². The first-order valence-corrected chi connectivity index (χ1v) is 7.49. The van der Waals surface area contributed by atoms with E-state index in [0.29, 0.717) is 12.1 Å². The fourth-order valence-corrected chi connectivity index (χ4v) is 3.47. The van der Waals surface area contributed by atoms with E-state index < -0.39 is 0 Å². The summed E-state index contributed by atoms with van der Waals surface area (Å²) in [6, 6.07) is 1.07. The fourth-order valence-electron chi connectivity index (χ4n) is 2.40. The second-order valence-corrected chi connectivity index (χ2v) is 5.90. The Bertz CT molecular complexity index is 350. The first-order chi connectivity index (χ1) is 8.22. The van der Waals surface area contributed by atoms with Crippen molar-refractivity contribution in [3.63, 3.8) is 0 Å². The fraction of sp³-hybridized carbons (Fsp3) is 0.769. The summed E-state index contributed by atoms with van der Waals surface area (Å²) in [6.07, 6.45) is 6.01. The lowest BCUT2D eigenvalue weighted by Gasteiger charge is -2.33. The first-order valence-electron chi connectivity index (χ1n) is 6.68. The summed E-state index contributed by atoms with van der Waals surface area (Å²) in [5, 5.41) is 4.65. The first kappa shape index (κ1) is 12.8. The average molecular weight is 253 g/mol. The molecule has 0 amide bonds. The molecule has 0 bridgehead atoms. The van der Waals surface area contributed by atoms with Crippen molar-refractivity contribution < 1.29 is 0 Å². The smallest absolute Gasteiger partial charge is 0.185 e. The Kier molecular flexibility index (Phi) is 4.40. The van der Waals surface area contributed by atoms with Crippen molar-refractivity contribution in [3.8, 4) is 0 Å². The quantitative estimate of drug-likeness (QED) is 0.893. The minimum absolute atomic E-state index is 0.423. The molecule has 1 aromatic rings. The van der Waals surface area contributed by atoms with Gasteiger partial charge in [-0.15, -0.1) is 11.3 Å². The molecule has 2 atom stereocenters. The van der Waals surface area contributed by atoms with Crippen molar-refractivity contribution in [2.24, 2.45) is 0 Å². The van der Waals surface area contributed by atoms with Gasteiger partial charge in [0.15, 0.2) is 5.13 Å². The highest BCUT2D eigenvalue weighted by Crippen LogP contribution is 2.31. The largest absolute Gasteiger partial charge is 0.345 e. The maximum Gasteiger partial charge on any atom is 0.185 e. The number of nitrogens with one attached hydrogen (secondary N) is 1. The Balaban J connectivity index is 2.06. The van der Waals surface area contributed by atoms with Crippen molar-refractivity contribution >= 4 is 16.5 Å². The zero-order valence-corrected chi connectivity index (χ0v) is 11.9. The van der Waals surface area contributed by atoms with Crippen LogP contribution in [-0.2, 0) is 0 Å². The van der Waals surface area contributed by atoms with E-state index in [0.717, 1.165) is 6.54 Å². The van der Waals surface area contributed by atoms with Crippen LogP contribution in [0.4, 0.5) is 5.13 Å². The van der Waals surface area contributed by atoms with Crippen LogP contribution in [0.2, 0.25) is 0 Å². The summed E-state index contributed by atoms with van der Waals surface area (Å²) in [5.74, 6) is 0. The van der Waals surface area contributed by atoms with Gasteiger partial charge in [0.2, 0.25) is 0 Å². The summed E-state index contributed by atoms with van der Waals surface area (Å²) in [6.45, 7) is 8.85. The molecule has 3 nitrogen and oxygen atoms in total. The van der Waals surface area contributed by atoms with Crippen LogP contribution < -0.4 is 10.2 Å². The third-order valence-corrected chi connectivity index (χ3v) is 4.71. The molecule has 1 aliphatic rings. The highest BCUT2D eigenvalue weighted by atomic mass is 32.1. The molecule has 1 saturated heterocycles. The van der Waals surface area contributed by atoms with Gasteiger partial charge in [-0.3, -0.25) is 0 Å². The number of rotatable bonds is 4. The van der Waals surface area contributed by atoms with Crippen LogP contribution in [0.1, 0.15) is 51.0 Å². The van der Waals surface area contributed by atoms with Gasteiger partial charge in [-0.1, -0.05) is 6.92 Å². The predicted octanol–water partition coefficient (Wildman–Crippen LogP) is 3.19. The Morgan fingerprint density at radius 2 is 2.41 bits per heavy atom. The monoisotopic (exact) mass is 253 g/mol. The lowest BCUT2D eigenvalue weighted by Crippen LogP contribution is -2.37. The van der Waals surface area contributed by atoms with Crippen molar-refractivity contribution in [1.82, 2.24) is 10.3 Å². The number of hydrogen-bond acceptors (Lipinski definition) is 4. The van der Waals surface area contributed by atoms with Crippen LogP contribution in [0.3, 0.4) is 0 Å². The molecule has 1 fully saturated rings. The van der Waals surface area contributed by atoms with E-state index in [1.807, 2.05) is 17.5 Å². The number of thiazole rings is 1. The summed E-state index contributed by atoms with van der Waals surface area (Å²) in [4.78, 5) is 8.41. The molecule has 1 aliphatic heterocycles. The van der Waals surface area contributed by atoms with Crippen molar-refractivity contribution in [2.75, 3.05) is 18.0 Å². The van der Waals surface area contributed by atoms with Crippen LogP contribution in [0.5, 0.6) is 0 Å². The van der Waals surface area contributed by atoms with Gasteiger partial charge >= 0.3 is 0 Å². The minimum atomic E-state index is 0.423. The van der Waals surface area contributed by atoms with E-state index in [9.17, 15) is 0 Å². The Morgan fingerprint density at radius 1 is 1.59 bits per heavy atom. The highest BCUT2D eigenvalue weighted by Gasteiger charge is 2.21. The van der Waals surface area contributed by atoms with Gasteiger partial charge in [0.1, 0.15) is 0 Å². The SMILES string of the molecule is CCNC(C)c1cnc(N2CCCCC2C)s1. The molecule has 1 aromatic heterocycles. The third-order valence-electron chi connectivity index (χ3n) is 3.50. The van der Waals surface area contributed by atoms with E-state index in [4.69, 9.17) is 0 Å². The van der Waals surface area contributed by atoms with Crippen molar-refractivity contribution in [1.29, 1.82) is 0 Å². The Labute approximate surface area is 108 Å². The molecular formula is C13H23N3S. The van der Waals surface area contributed by atoms with Gasteiger partial charge in [0, 0.05) is 29.7 Å². The van der Waals surface area contributed by atoms with Gasteiger partial charge in [-0.2, -0.15) is 0 Å². The Morgan fingerprint density at radius 3 is 3.12 bits per heavy atom. The lowest BCUT2D eigenvalue weighted by molar-refractivity contribution is 0.484. The third kappa shape index (κ3) is 2.99. The van der Waals surface area contributed by atoms with Crippen LogP contribution in [0, 0.1) is 0 Å². The summed E-state index contributed by atoms with van der Waals surface area (Å²) < 4.78 is 0. The maximum atomic E-state index is 4.60. The molecule has 0 aromatic carbocycles. The molecule has 1 N–H and O–H groups in total. The molecule has 0 spiro atoms. The van der Waals surface area contributed by atoms with Crippen molar-refractivity contribution in [2.45, 2.75) is 52.1 Å². The van der Waals surface area contributed by atoms with E-state index in [-0.39, 0.29) is 0 Å². The number of piperidine rings is 1. The molecule has 2 heterocycles. The van der Waals surface area contributed by atoms with Crippen LogP contribution in [0.25, 0.3) is 0 Å². The minimum Gasteiger partial charge on any atom is -0.345 e. The van der Waals surface area contributed by atoms with E-state index in [1.54, 1.807) is 0 Å². The number of aromatic nitrogens is 1. The summed E-state index contributed by atoms with van der Waals surface area (Å²) in [7, 11) is 0. The molecule has 2 unspecified atom stereocenters. The molecule has 17 heavy (non-hydrogen) atoms. The van der Waals surface area contributed by atoms with Gasteiger partial charge in [0.25, 0.3) is 0 Å². The molecular weight excluding hydrogens is 230 g/mol. The van der Waals surface area contributed by atoms with Gasteiger partial charge in [0.05, 0.1) is 0 Å². The maximum absolute atomic E-state index is 4.60. The summed E-state index contributed by atoms with van der Waals surface area (Å²) >= 11 is 1.84. The van der Waals surface area contributed by atoms with Gasteiger partial charge in [-0.05, 0) is 39.7 Å². The van der Waals surface area contributed by atoms with Gasteiger partial charge in [-0.25, -0.2) is 4.98 Å². The molecule has 0 saturated carbocycles. The van der Waals surface area contributed by atoms with E-state index in [2.05, 4.69) is 36.0 Å². The Hall–Kier alpha value is -0.610. The van der Waals surface area contributed by atoms with Crippen LogP contribution >= 0.6 is 11.3 Å².